The predicted octanol–water partition coefficient (Wildman–Crippen LogP) is 3.09. The Hall–Kier alpha value is -3.35. The van der Waals surface area contributed by atoms with Crippen molar-refractivity contribution >= 4 is 23.6 Å². The molecule has 0 spiro atoms. The van der Waals surface area contributed by atoms with Crippen LogP contribution in [0.3, 0.4) is 0 Å². The zero-order valence-corrected chi connectivity index (χ0v) is 16.6. The van der Waals surface area contributed by atoms with Gasteiger partial charge in [-0.1, -0.05) is 29.8 Å². The molecule has 3 amide bonds. The fourth-order valence-electron chi connectivity index (χ4n) is 2.87. The molecule has 0 aliphatic heterocycles. The van der Waals surface area contributed by atoms with E-state index in [1.165, 1.54) is 12.7 Å². The van der Waals surface area contributed by atoms with Crippen molar-refractivity contribution in [3.63, 3.8) is 0 Å². The van der Waals surface area contributed by atoms with Crippen LogP contribution in [0.2, 0.25) is 0 Å². The maximum Gasteiger partial charge on any atom is 0.325 e. The molecule has 0 atom stereocenters. The molecule has 152 valence electrons. The monoisotopic (exact) mass is 395 g/mol. The minimum Gasteiger partial charge on any atom is -0.468 e. The van der Waals surface area contributed by atoms with Gasteiger partial charge in [-0.2, -0.15) is 0 Å². The number of ether oxygens (including phenoxy) is 1. The number of nitrogens with one attached hydrogen (secondary N) is 2. The summed E-state index contributed by atoms with van der Waals surface area (Å²) in [4.78, 5) is 37.8. The molecule has 2 aromatic rings. The number of carbonyl (C=O) groups is 3. The summed E-state index contributed by atoms with van der Waals surface area (Å²) in [5.41, 5.74) is 3.28. The second-order valence-corrected chi connectivity index (χ2v) is 7.11. The van der Waals surface area contributed by atoms with Crippen LogP contribution in [0.5, 0.6) is 0 Å². The number of methoxy groups -OCH3 is 1. The molecule has 0 radical (unpaired) electrons. The average Bonchev–Trinajstić information content (AvgIpc) is 3.56. The van der Waals surface area contributed by atoms with Crippen LogP contribution in [0, 0.1) is 6.92 Å². The highest BCUT2D eigenvalue weighted by Crippen LogP contribution is 2.29. The Morgan fingerprint density at radius 3 is 2.28 bits per heavy atom. The molecular weight excluding hydrogens is 370 g/mol. The van der Waals surface area contributed by atoms with E-state index >= 15 is 0 Å². The molecule has 1 fully saturated rings. The number of urea groups is 1. The van der Waals surface area contributed by atoms with Crippen molar-refractivity contribution < 1.29 is 19.1 Å². The first-order chi connectivity index (χ1) is 14.0. The highest BCUT2D eigenvalue weighted by molar-refractivity contribution is 5.97. The number of hydrogen-bond donors (Lipinski definition) is 2. The van der Waals surface area contributed by atoms with Gasteiger partial charge in [0.1, 0.15) is 6.54 Å². The van der Waals surface area contributed by atoms with Crippen LogP contribution in [-0.2, 0) is 16.1 Å². The van der Waals surface area contributed by atoms with E-state index in [9.17, 15) is 14.4 Å². The summed E-state index contributed by atoms with van der Waals surface area (Å²) < 4.78 is 4.49. The molecule has 3 rings (SSSR count). The van der Waals surface area contributed by atoms with Crippen molar-refractivity contribution in [2.75, 3.05) is 19.0 Å². The van der Waals surface area contributed by atoms with E-state index in [1.807, 2.05) is 36.1 Å². The zero-order chi connectivity index (χ0) is 20.8. The van der Waals surface area contributed by atoms with Crippen LogP contribution < -0.4 is 10.6 Å². The summed E-state index contributed by atoms with van der Waals surface area (Å²) in [6, 6.07) is 14.8. The number of hydrogen-bond acceptors (Lipinski definition) is 4. The third kappa shape index (κ3) is 5.81. The minimum absolute atomic E-state index is 0.157. The molecule has 7 nitrogen and oxygen atoms in total. The first-order valence-corrected chi connectivity index (χ1v) is 9.54. The SMILES string of the molecule is COC(=O)CNC(=O)c1ccc(NC(=O)N(Cc2ccc(C)cc2)C2CC2)cc1. The van der Waals surface area contributed by atoms with E-state index in [0.717, 1.165) is 18.4 Å². The van der Waals surface area contributed by atoms with Crippen molar-refractivity contribution in [3.05, 3.63) is 65.2 Å². The Balaban J connectivity index is 1.59. The fourth-order valence-corrected chi connectivity index (χ4v) is 2.87. The summed E-state index contributed by atoms with van der Waals surface area (Å²) in [6.07, 6.45) is 2.02. The molecule has 0 bridgehead atoms. The number of nitrogens with zero attached hydrogens (tertiary/aromatic N) is 1. The quantitative estimate of drug-likeness (QED) is 0.705. The van der Waals surface area contributed by atoms with E-state index in [0.29, 0.717) is 17.8 Å². The van der Waals surface area contributed by atoms with Gasteiger partial charge in [-0.05, 0) is 49.6 Å². The lowest BCUT2D eigenvalue weighted by Gasteiger charge is -2.23. The maximum absolute atomic E-state index is 12.8. The predicted molar refractivity (Wildman–Crippen MR) is 110 cm³/mol. The normalized spacial score (nSPS) is 12.8. The Morgan fingerprint density at radius 1 is 1.03 bits per heavy atom. The maximum atomic E-state index is 12.8. The van der Waals surface area contributed by atoms with Gasteiger partial charge in [0.05, 0.1) is 7.11 Å². The summed E-state index contributed by atoms with van der Waals surface area (Å²) >= 11 is 0. The summed E-state index contributed by atoms with van der Waals surface area (Å²) in [7, 11) is 1.26. The molecule has 0 heterocycles. The molecule has 7 heteroatoms. The Labute approximate surface area is 170 Å². The molecule has 2 N–H and O–H groups in total. The van der Waals surface area contributed by atoms with Crippen LogP contribution >= 0.6 is 0 Å². The van der Waals surface area contributed by atoms with Crippen molar-refractivity contribution in [2.45, 2.75) is 32.4 Å². The van der Waals surface area contributed by atoms with Gasteiger partial charge in [0.2, 0.25) is 0 Å². The molecule has 0 aromatic heterocycles. The van der Waals surface area contributed by atoms with E-state index in [2.05, 4.69) is 15.4 Å². The highest BCUT2D eigenvalue weighted by atomic mass is 16.5. The summed E-state index contributed by atoms with van der Waals surface area (Å²) in [6.45, 7) is 2.41. The standard InChI is InChI=1S/C22H25N3O4/c1-15-3-5-16(6-4-15)14-25(19-11-12-19)22(28)24-18-9-7-17(8-10-18)21(27)23-13-20(26)29-2/h3-10,19H,11-14H2,1-2H3,(H,23,27)(H,24,28). The molecular formula is C22H25N3O4. The van der Waals surface area contributed by atoms with Crippen molar-refractivity contribution in [1.29, 1.82) is 0 Å². The first-order valence-electron chi connectivity index (χ1n) is 9.54. The lowest BCUT2D eigenvalue weighted by molar-refractivity contribution is -0.139. The lowest BCUT2D eigenvalue weighted by atomic mass is 10.1. The van der Waals surface area contributed by atoms with E-state index < -0.39 is 5.97 Å². The summed E-state index contributed by atoms with van der Waals surface area (Å²) in [5.74, 6) is -0.900. The van der Waals surface area contributed by atoms with Gasteiger partial charge < -0.3 is 20.3 Å². The van der Waals surface area contributed by atoms with Gasteiger partial charge >= 0.3 is 12.0 Å². The molecule has 1 aliphatic rings. The molecule has 0 saturated heterocycles. The van der Waals surface area contributed by atoms with E-state index in [-0.39, 0.29) is 24.5 Å². The van der Waals surface area contributed by atoms with E-state index in [4.69, 9.17) is 0 Å². The zero-order valence-electron chi connectivity index (χ0n) is 16.6. The number of esters is 1. The Bertz CT molecular complexity index is 874. The largest absolute Gasteiger partial charge is 0.468 e. The first kappa shape index (κ1) is 20.4. The minimum atomic E-state index is -0.518. The van der Waals surface area contributed by atoms with E-state index in [1.54, 1.807) is 24.3 Å². The molecule has 0 unspecified atom stereocenters. The molecule has 2 aromatic carbocycles. The van der Waals surface area contributed by atoms with Crippen LogP contribution in [0.25, 0.3) is 0 Å². The number of amides is 3. The van der Waals surface area contributed by atoms with Crippen LogP contribution in [-0.4, -0.2) is 42.5 Å². The van der Waals surface area contributed by atoms with Gasteiger partial charge in [-0.15, -0.1) is 0 Å². The highest BCUT2D eigenvalue weighted by Gasteiger charge is 2.32. The van der Waals surface area contributed by atoms with Crippen LogP contribution in [0.15, 0.2) is 48.5 Å². The smallest absolute Gasteiger partial charge is 0.325 e. The van der Waals surface area contributed by atoms with Gasteiger partial charge in [0.15, 0.2) is 0 Å². The second-order valence-electron chi connectivity index (χ2n) is 7.11. The van der Waals surface area contributed by atoms with Gasteiger partial charge in [-0.3, -0.25) is 9.59 Å². The second kappa shape index (κ2) is 9.23. The van der Waals surface area contributed by atoms with Crippen LogP contribution in [0.1, 0.15) is 34.3 Å². The molecule has 29 heavy (non-hydrogen) atoms. The number of rotatable bonds is 7. The van der Waals surface area contributed by atoms with Gasteiger partial charge in [0.25, 0.3) is 5.91 Å². The molecule has 1 aliphatic carbocycles. The van der Waals surface area contributed by atoms with Crippen molar-refractivity contribution in [1.82, 2.24) is 10.2 Å². The lowest BCUT2D eigenvalue weighted by Crippen LogP contribution is -2.36. The third-order valence-electron chi connectivity index (χ3n) is 4.74. The number of benzene rings is 2. The number of anilines is 1. The topological polar surface area (TPSA) is 87.7 Å². The average molecular weight is 395 g/mol. The Kier molecular flexibility index (Phi) is 6.49. The number of carbonyl (C=O) groups excluding carboxylic acids is 3. The third-order valence-corrected chi connectivity index (χ3v) is 4.74. The van der Waals surface area contributed by atoms with Crippen molar-refractivity contribution in [3.8, 4) is 0 Å². The Morgan fingerprint density at radius 2 is 1.69 bits per heavy atom. The van der Waals surface area contributed by atoms with Crippen LogP contribution in [0.4, 0.5) is 10.5 Å². The molecule has 1 saturated carbocycles. The number of aryl methyl sites for hydroxylation is 1. The summed E-state index contributed by atoms with van der Waals surface area (Å²) in [5, 5.41) is 5.38. The van der Waals surface area contributed by atoms with Gasteiger partial charge in [-0.25, -0.2) is 4.79 Å². The van der Waals surface area contributed by atoms with Crippen molar-refractivity contribution in [2.24, 2.45) is 0 Å². The van der Waals surface area contributed by atoms with Gasteiger partial charge in [0, 0.05) is 23.8 Å². The fraction of sp³-hybridized carbons (Fsp3) is 0.318.